The van der Waals surface area contributed by atoms with E-state index in [0.717, 1.165) is 0 Å². The summed E-state index contributed by atoms with van der Waals surface area (Å²) in [5.41, 5.74) is 0. The number of rotatable bonds is 4. The Bertz CT molecular complexity index is 212. The van der Waals surface area contributed by atoms with Crippen LogP contribution in [0.4, 0.5) is 0 Å². The summed E-state index contributed by atoms with van der Waals surface area (Å²) in [6, 6.07) is 2.07. The van der Waals surface area contributed by atoms with Crippen LogP contribution in [0, 0.1) is 29.1 Å². The molecule has 1 aliphatic carbocycles. The molecule has 1 fully saturated rings. The quantitative estimate of drug-likeness (QED) is 0.640. The first-order chi connectivity index (χ1) is 5.70. The molecule has 0 aromatic heterocycles. The van der Waals surface area contributed by atoms with E-state index in [1.165, 1.54) is 12.8 Å². The van der Waals surface area contributed by atoms with Crippen molar-refractivity contribution in [1.29, 1.82) is 5.26 Å². The minimum Gasteiger partial charge on any atom is -0.298 e. The SMILES string of the molecule is CCC(C#N)C(=O)C(C)C1CC1. The van der Waals surface area contributed by atoms with E-state index in [9.17, 15) is 4.79 Å². The summed E-state index contributed by atoms with van der Waals surface area (Å²) >= 11 is 0. The molecule has 0 bridgehead atoms. The molecule has 0 radical (unpaired) electrons. The average molecular weight is 165 g/mol. The summed E-state index contributed by atoms with van der Waals surface area (Å²) in [6.45, 7) is 3.85. The maximum atomic E-state index is 11.6. The molecule has 0 aromatic rings. The van der Waals surface area contributed by atoms with E-state index in [0.29, 0.717) is 12.3 Å². The van der Waals surface area contributed by atoms with Gasteiger partial charge >= 0.3 is 0 Å². The summed E-state index contributed by atoms with van der Waals surface area (Å²) in [7, 11) is 0. The molecule has 12 heavy (non-hydrogen) atoms. The molecule has 2 nitrogen and oxygen atoms in total. The molecule has 2 heteroatoms. The van der Waals surface area contributed by atoms with Gasteiger partial charge in [0.05, 0.1) is 6.07 Å². The Kier molecular flexibility index (Phi) is 2.86. The second-order valence-electron chi connectivity index (χ2n) is 3.62. The van der Waals surface area contributed by atoms with Crippen LogP contribution in [0.15, 0.2) is 0 Å². The van der Waals surface area contributed by atoms with Crippen LogP contribution in [0.25, 0.3) is 0 Å². The first-order valence-corrected chi connectivity index (χ1v) is 4.64. The Balaban J connectivity index is 2.50. The highest BCUT2D eigenvalue weighted by Gasteiger charge is 2.35. The second kappa shape index (κ2) is 3.71. The second-order valence-corrected chi connectivity index (χ2v) is 3.62. The van der Waals surface area contributed by atoms with Gasteiger partial charge in [-0.2, -0.15) is 5.26 Å². The number of ketones is 1. The topological polar surface area (TPSA) is 40.9 Å². The van der Waals surface area contributed by atoms with Crippen LogP contribution in [-0.4, -0.2) is 5.78 Å². The fourth-order valence-corrected chi connectivity index (χ4v) is 1.50. The van der Waals surface area contributed by atoms with E-state index in [-0.39, 0.29) is 17.6 Å². The molecule has 0 N–H and O–H groups in total. The smallest absolute Gasteiger partial charge is 0.153 e. The maximum Gasteiger partial charge on any atom is 0.153 e. The minimum atomic E-state index is -0.361. The predicted octanol–water partition coefficient (Wildman–Crippen LogP) is 2.15. The zero-order chi connectivity index (χ0) is 9.14. The number of carbonyl (C=O) groups is 1. The number of nitrogens with zero attached hydrogens (tertiary/aromatic N) is 1. The summed E-state index contributed by atoms with van der Waals surface area (Å²) in [6.07, 6.45) is 3.01. The van der Waals surface area contributed by atoms with Crippen LogP contribution in [0.3, 0.4) is 0 Å². The normalized spacial score (nSPS) is 21.1. The lowest BCUT2D eigenvalue weighted by Crippen LogP contribution is -2.21. The van der Waals surface area contributed by atoms with Gasteiger partial charge in [-0.15, -0.1) is 0 Å². The van der Waals surface area contributed by atoms with E-state index >= 15 is 0 Å². The molecule has 66 valence electrons. The molecule has 0 aliphatic heterocycles. The van der Waals surface area contributed by atoms with Crippen molar-refractivity contribution in [2.75, 3.05) is 0 Å². The molecule has 0 spiro atoms. The Morgan fingerprint density at radius 3 is 2.58 bits per heavy atom. The molecule has 0 aromatic carbocycles. The van der Waals surface area contributed by atoms with Crippen molar-refractivity contribution in [1.82, 2.24) is 0 Å². The summed E-state index contributed by atoms with van der Waals surface area (Å²) in [5, 5.41) is 8.68. The summed E-state index contributed by atoms with van der Waals surface area (Å²) in [4.78, 5) is 11.6. The van der Waals surface area contributed by atoms with Gasteiger partial charge in [-0.05, 0) is 25.2 Å². The fourth-order valence-electron chi connectivity index (χ4n) is 1.50. The van der Waals surface area contributed by atoms with Crippen molar-refractivity contribution >= 4 is 5.78 Å². The van der Waals surface area contributed by atoms with Gasteiger partial charge in [-0.1, -0.05) is 13.8 Å². The molecule has 2 atom stereocenters. The monoisotopic (exact) mass is 165 g/mol. The maximum absolute atomic E-state index is 11.6. The Morgan fingerprint density at radius 1 is 1.67 bits per heavy atom. The Hall–Kier alpha value is -0.840. The van der Waals surface area contributed by atoms with Crippen molar-refractivity contribution in [3.63, 3.8) is 0 Å². The average Bonchev–Trinajstić information content (AvgIpc) is 2.87. The zero-order valence-corrected chi connectivity index (χ0v) is 7.71. The lowest BCUT2D eigenvalue weighted by atomic mass is 9.90. The highest BCUT2D eigenvalue weighted by Crippen LogP contribution is 2.38. The third kappa shape index (κ3) is 1.85. The van der Waals surface area contributed by atoms with Gasteiger partial charge in [0.15, 0.2) is 5.78 Å². The van der Waals surface area contributed by atoms with Crippen LogP contribution < -0.4 is 0 Å². The van der Waals surface area contributed by atoms with Crippen LogP contribution in [-0.2, 0) is 4.79 Å². The number of hydrogen-bond donors (Lipinski definition) is 0. The van der Waals surface area contributed by atoms with Gasteiger partial charge < -0.3 is 0 Å². The van der Waals surface area contributed by atoms with Crippen LogP contribution in [0.2, 0.25) is 0 Å². The molecule has 0 saturated heterocycles. The van der Waals surface area contributed by atoms with Crippen LogP contribution in [0.1, 0.15) is 33.1 Å². The highest BCUT2D eigenvalue weighted by atomic mass is 16.1. The molecule has 1 saturated carbocycles. The van der Waals surface area contributed by atoms with Gasteiger partial charge in [0.2, 0.25) is 0 Å². The Morgan fingerprint density at radius 2 is 2.25 bits per heavy atom. The van der Waals surface area contributed by atoms with Crippen molar-refractivity contribution in [2.45, 2.75) is 33.1 Å². The van der Waals surface area contributed by atoms with Gasteiger partial charge in [-0.3, -0.25) is 4.79 Å². The number of Topliss-reactive ketones (excluding diaryl/α,β-unsaturated/α-hetero) is 1. The fraction of sp³-hybridized carbons (Fsp3) is 0.800. The molecule has 2 unspecified atom stereocenters. The summed E-state index contributed by atoms with van der Waals surface area (Å²) < 4.78 is 0. The van der Waals surface area contributed by atoms with Gasteiger partial charge in [0.1, 0.15) is 5.92 Å². The number of carbonyl (C=O) groups excluding carboxylic acids is 1. The largest absolute Gasteiger partial charge is 0.298 e. The third-order valence-corrected chi connectivity index (χ3v) is 2.69. The predicted molar refractivity (Wildman–Crippen MR) is 46.3 cm³/mol. The van der Waals surface area contributed by atoms with Crippen LogP contribution in [0.5, 0.6) is 0 Å². The molecule has 1 rings (SSSR count). The summed E-state index contributed by atoms with van der Waals surface area (Å²) in [5.74, 6) is 0.498. The van der Waals surface area contributed by atoms with Gasteiger partial charge in [0.25, 0.3) is 0 Å². The highest BCUT2D eigenvalue weighted by molar-refractivity contribution is 5.85. The van der Waals surface area contributed by atoms with Crippen molar-refractivity contribution in [2.24, 2.45) is 17.8 Å². The molecule has 0 heterocycles. The first-order valence-electron chi connectivity index (χ1n) is 4.64. The molecular formula is C10H15NO. The van der Waals surface area contributed by atoms with Crippen molar-refractivity contribution < 1.29 is 4.79 Å². The Labute approximate surface area is 73.6 Å². The first kappa shape index (κ1) is 9.25. The van der Waals surface area contributed by atoms with Crippen LogP contribution >= 0.6 is 0 Å². The molecular weight excluding hydrogens is 150 g/mol. The van der Waals surface area contributed by atoms with Gasteiger partial charge in [0, 0.05) is 5.92 Å². The van der Waals surface area contributed by atoms with E-state index in [1.54, 1.807) is 0 Å². The minimum absolute atomic E-state index is 0.120. The lowest BCUT2D eigenvalue weighted by molar-refractivity contribution is -0.125. The van der Waals surface area contributed by atoms with E-state index in [1.807, 2.05) is 13.8 Å². The van der Waals surface area contributed by atoms with Crippen molar-refractivity contribution in [3.05, 3.63) is 0 Å². The van der Waals surface area contributed by atoms with Gasteiger partial charge in [-0.25, -0.2) is 0 Å². The standard InChI is InChI=1S/C10H15NO/c1-3-8(6-11)10(12)7(2)9-4-5-9/h7-9H,3-5H2,1-2H3. The molecule has 0 amide bonds. The number of nitriles is 1. The third-order valence-electron chi connectivity index (χ3n) is 2.69. The zero-order valence-electron chi connectivity index (χ0n) is 7.71. The molecule has 1 aliphatic rings. The van der Waals surface area contributed by atoms with Crippen molar-refractivity contribution in [3.8, 4) is 6.07 Å². The van der Waals surface area contributed by atoms with E-state index < -0.39 is 0 Å². The van der Waals surface area contributed by atoms with E-state index in [4.69, 9.17) is 5.26 Å². The lowest BCUT2D eigenvalue weighted by Gasteiger charge is -2.11. The van der Waals surface area contributed by atoms with E-state index in [2.05, 4.69) is 6.07 Å². The number of hydrogen-bond acceptors (Lipinski definition) is 2.